The van der Waals surface area contributed by atoms with Crippen LogP contribution in [0.15, 0.2) is 46.9 Å². The van der Waals surface area contributed by atoms with Gasteiger partial charge in [-0.05, 0) is 36.8 Å². The summed E-state index contributed by atoms with van der Waals surface area (Å²) < 4.78 is 22.0. The normalized spacial score (nSPS) is 14.4. The predicted molar refractivity (Wildman–Crippen MR) is 123 cm³/mol. The zero-order chi connectivity index (χ0) is 23.4. The van der Waals surface area contributed by atoms with Gasteiger partial charge in [0.05, 0.1) is 39.1 Å². The first kappa shape index (κ1) is 22.7. The van der Waals surface area contributed by atoms with Gasteiger partial charge in [0.25, 0.3) is 0 Å². The Morgan fingerprint density at radius 1 is 0.970 bits per heavy atom. The van der Waals surface area contributed by atoms with Gasteiger partial charge < -0.3 is 23.5 Å². The predicted octanol–water partition coefficient (Wildman–Crippen LogP) is 3.52. The molecule has 1 aromatic heterocycles. The first-order valence-corrected chi connectivity index (χ1v) is 10.8. The van der Waals surface area contributed by atoms with Crippen molar-refractivity contribution in [2.75, 3.05) is 41.0 Å². The number of nitrogens with zero attached hydrogens (tertiary/aromatic N) is 3. The molecule has 1 aliphatic rings. The molecule has 1 amide bonds. The number of benzene rings is 2. The highest BCUT2D eigenvalue weighted by Crippen LogP contribution is 2.34. The second-order valence-electron chi connectivity index (χ2n) is 7.97. The van der Waals surface area contributed by atoms with Gasteiger partial charge in [-0.1, -0.05) is 12.1 Å². The fourth-order valence-corrected chi connectivity index (χ4v) is 3.93. The standard InChI is InChI=1S/C25H29N3O5/c1-17-22(26-25(33-17)21-9-8-20(31-3)13-23(21)32-4)15-27-10-11-28(24(29)16-27)14-18-6-5-7-19(12-18)30-2/h5-9,12-13H,10-11,14-16H2,1-4H3. The lowest BCUT2D eigenvalue weighted by molar-refractivity contribution is -0.136. The van der Waals surface area contributed by atoms with E-state index >= 15 is 0 Å². The number of hydrogen-bond donors (Lipinski definition) is 0. The van der Waals surface area contributed by atoms with E-state index in [-0.39, 0.29) is 5.91 Å². The third-order valence-electron chi connectivity index (χ3n) is 5.81. The number of rotatable bonds is 8. The summed E-state index contributed by atoms with van der Waals surface area (Å²) in [5.74, 6) is 3.44. The van der Waals surface area contributed by atoms with Gasteiger partial charge in [0.15, 0.2) is 0 Å². The molecular formula is C25H29N3O5. The maximum absolute atomic E-state index is 12.8. The largest absolute Gasteiger partial charge is 0.497 e. The Morgan fingerprint density at radius 3 is 2.48 bits per heavy atom. The van der Waals surface area contributed by atoms with Crippen LogP contribution in [-0.4, -0.2) is 61.7 Å². The molecule has 0 spiro atoms. The SMILES string of the molecule is COc1cccc(CN2CCN(Cc3nc(-c4ccc(OC)cc4OC)oc3C)CC2=O)c1. The van der Waals surface area contributed by atoms with Gasteiger partial charge in [0.1, 0.15) is 23.0 Å². The minimum absolute atomic E-state index is 0.0993. The summed E-state index contributed by atoms with van der Waals surface area (Å²) in [5.41, 5.74) is 2.63. The van der Waals surface area contributed by atoms with Crippen LogP contribution in [0.25, 0.3) is 11.5 Å². The third-order valence-corrected chi connectivity index (χ3v) is 5.81. The molecule has 8 nitrogen and oxygen atoms in total. The minimum atomic E-state index is 0.0993. The van der Waals surface area contributed by atoms with Crippen LogP contribution in [0.5, 0.6) is 17.2 Å². The van der Waals surface area contributed by atoms with Gasteiger partial charge in [0.2, 0.25) is 11.8 Å². The Kier molecular flexibility index (Phi) is 6.84. The summed E-state index contributed by atoms with van der Waals surface area (Å²) >= 11 is 0. The Hall–Kier alpha value is -3.52. The molecule has 1 saturated heterocycles. The molecule has 0 N–H and O–H groups in total. The zero-order valence-electron chi connectivity index (χ0n) is 19.5. The van der Waals surface area contributed by atoms with E-state index in [9.17, 15) is 4.79 Å². The lowest BCUT2D eigenvalue weighted by Gasteiger charge is -2.34. The van der Waals surface area contributed by atoms with Gasteiger partial charge in [-0.25, -0.2) is 4.98 Å². The van der Waals surface area contributed by atoms with E-state index in [2.05, 4.69) is 4.90 Å². The average Bonchev–Trinajstić information content (AvgIpc) is 3.20. The van der Waals surface area contributed by atoms with Crippen LogP contribution in [0.4, 0.5) is 0 Å². The average molecular weight is 452 g/mol. The van der Waals surface area contributed by atoms with Crippen LogP contribution >= 0.6 is 0 Å². The van der Waals surface area contributed by atoms with Crippen LogP contribution in [-0.2, 0) is 17.9 Å². The number of piperazine rings is 1. The van der Waals surface area contributed by atoms with Crippen molar-refractivity contribution in [3.63, 3.8) is 0 Å². The number of amides is 1. The van der Waals surface area contributed by atoms with E-state index in [0.717, 1.165) is 34.9 Å². The van der Waals surface area contributed by atoms with Crippen molar-refractivity contribution in [2.45, 2.75) is 20.0 Å². The van der Waals surface area contributed by atoms with Crippen molar-refractivity contribution in [3.8, 4) is 28.7 Å². The van der Waals surface area contributed by atoms with Gasteiger partial charge in [0, 0.05) is 32.2 Å². The number of aromatic nitrogens is 1. The molecule has 33 heavy (non-hydrogen) atoms. The van der Waals surface area contributed by atoms with Crippen LogP contribution < -0.4 is 14.2 Å². The number of carbonyl (C=O) groups excluding carboxylic acids is 1. The van der Waals surface area contributed by atoms with E-state index in [1.807, 2.05) is 48.2 Å². The fraction of sp³-hybridized carbons (Fsp3) is 0.360. The highest BCUT2D eigenvalue weighted by Gasteiger charge is 2.26. The first-order valence-electron chi connectivity index (χ1n) is 10.8. The maximum Gasteiger partial charge on any atom is 0.237 e. The molecule has 0 bridgehead atoms. The van der Waals surface area contributed by atoms with Crippen molar-refractivity contribution in [3.05, 3.63) is 59.5 Å². The summed E-state index contributed by atoms with van der Waals surface area (Å²) in [5, 5.41) is 0. The molecule has 1 fully saturated rings. The second kappa shape index (κ2) is 9.95. The highest BCUT2D eigenvalue weighted by molar-refractivity contribution is 5.79. The molecule has 1 aliphatic heterocycles. The van der Waals surface area contributed by atoms with Crippen LogP contribution in [0.3, 0.4) is 0 Å². The molecule has 3 aromatic rings. The number of carbonyl (C=O) groups is 1. The zero-order valence-corrected chi connectivity index (χ0v) is 19.5. The Bertz CT molecular complexity index is 1130. The van der Waals surface area contributed by atoms with Crippen LogP contribution in [0, 0.1) is 6.92 Å². The van der Waals surface area contributed by atoms with Crippen molar-refractivity contribution in [1.82, 2.24) is 14.8 Å². The molecule has 2 aromatic carbocycles. The summed E-state index contributed by atoms with van der Waals surface area (Å²) in [6.07, 6.45) is 0. The summed E-state index contributed by atoms with van der Waals surface area (Å²) in [6.45, 7) is 4.79. The molecule has 0 saturated carbocycles. The molecule has 0 atom stereocenters. The summed E-state index contributed by atoms with van der Waals surface area (Å²) in [7, 11) is 4.86. The molecule has 0 aliphatic carbocycles. The lowest BCUT2D eigenvalue weighted by Crippen LogP contribution is -2.49. The van der Waals surface area contributed by atoms with Crippen molar-refractivity contribution in [2.24, 2.45) is 0 Å². The second-order valence-corrected chi connectivity index (χ2v) is 7.97. The van der Waals surface area contributed by atoms with Gasteiger partial charge in [-0.2, -0.15) is 0 Å². The molecule has 0 unspecified atom stereocenters. The first-order chi connectivity index (χ1) is 16.0. The van der Waals surface area contributed by atoms with Crippen LogP contribution in [0.1, 0.15) is 17.0 Å². The minimum Gasteiger partial charge on any atom is -0.497 e. The summed E-state index contributed by atoms with van der Waals surface area (Å²) in [6, 6.07) is 13.3. The van der Waals surface area contributed by atoms with E-state index in [4.69, 9.17) is 23.6 Å². The smallest absolute Gasteiger partial charge is 0.237 e. The maximum atomic E-state index is 12.8. The Balaban J connectivity index is 1.41. The Labute approximate surface area is 193 Å². The summed E-state index contributed by atoms with van der Waals surface area (Å²) in [4.78, 5) is 21.5. The van der Waals surface area contributed by atoms with Gasteiger partial charge in [-0.3, -0.25) is 9.69 Å². The molecule has 174 valence electrons. The quantitative estimate of drug-likeness (QED) is 0.519. The van der Waals surface area contributed by atoms with E-state index in [1.54, 1.807) is 27.4 Å². The van der Waals surface area contributed by atoms with E-state index in [0.29, 0.717) is 43.6 Å². The monoisotopic (exact) mass is 451 g/mol. The van der Waals surface area contributed by atoms with Crippen LogP contribution in [0.2, 0.25) is 0 Å². The van der Waals surface area contributed by atoms with Crippen molar-refractivity contribution >= 4 is 5.91 Å². The Morgan fingerprint density at radius 2 is 1.76 bits per heavy atom. The van der Waals surface area contributed by atoms with Gasteiger partial charge in [-0.15, -0.1) is 0 Å². The molecule has 0 radical (unpaired) electrons. The lowest BCUT2D eigenvalue weighted by atomic mass is 10.1. The third kappa shape index (κ3) is 5.12. The number of ether oxygens (including phenoxy) is 3. The number of methoxy groups -OCH3 is 3. The molecule has 8 heteroatoms. The number of aryl methyl sites for hydroxylation is 1. The van der Waals surface area contributed by atoms with E-state index in [1.165, 1.54) is 0 Å². The molecule has 2 heterocycles. The topological polar surface area (TPSA) is 77.3 Å². The van der Waals surface area contributed by atoms with E-state index < -0.39 is 0 Å². The molecular weight excluding hydrogens is 422 g/mol. The fourth-order valence-electron chi connectivity index (χ4n) is 3.93. The highest BCUT2D eigenvalue weighted by atomic mass is 16.5. The number of hydrogen-bond acceptors (Lipinski definition) is 7. The molecule has 4 rings (SSSR count). The van der Waals surface area contributed by atoms with Gasteiger partial charge >= 0.3 is 0 Å². The van der Waals surface area contributed by atoms with Crippen molar-refractivity contribution in [1.29, 1.82) is 0 Å². The number of oxazole rings is 1. The van der Waals surface area contributed by atoms with Crippen molar-refractivity contribution < 1.29 is 23.4 Å².